The molecule has 0 saturated heterocycles. The van der Waals surface area contributed by atoms with Crippen molar-refractivity contribution < 1.29 is 13.9 Å². The number of hydrogen-bond acceptors (Lipinski definition) is 2. The molecule has 1 aromatic carbocycles. The fraction of sp³-hybridized carbons (Fsp3) is 0.308. The van der Waals surface area contributed by atoms with Gasteiger partial charge in [0.05, 0.1) is 12.2 Å². The van der Waals surface area contributed by atoms with E-state index in [1.807, 2.05) is 30.3 Å². The Morgan fingerprint density at radius 2 is 2.06 bits per heavy atom. The minimum Gasteiger partial charge on any atom is -0.461 e. The molecule has 3 heteroatoms. The molecule has 0 aliphatic heterocycles. The summed E-state index contributed by atoms with van der Waals surface area (Å²) in [7, 11) is 0. The normalized spacial score (nSPS) is 11.2. The maximum Gasteiger partial charge on any atom is 0.310 e. The summed E-state index contributed by atoms with van der Waals surface area (Å²) in [5, 5.41) is 0. The minimum atomic E-state index is -0.410. The number of benzene rings is 1. The van der Waals surface area contributed by atoms with E-state index in [0.29, 0.717) is 6.42 Å². The van der Waals surface area contributed by atoms with Crippen LogP contribution in [0.5, 0.6) is 0 Å². The number of rotatable bonds is 5. The van der Waals surface area contributed by atoms with E-state index in [1.54, 1.807) is 6.92 Å². The highest BCUT2D eigenvalue weighted by Crippen LogP contribution is 2.05. The molecule has 1 rings (SSSR count). The van der Waals surface area contributed by atoms with Gasteiger partial charge in [-0.1, -0.05) is 37.3 Å². The van der Waals surface area contributed by atoms with Gasteiger partial charge in [-0.25, -0.2) is 4.39 Å². The molecule has 0 atom stereocenters. The highest BCUT2D eigenvalue weighted by atomic mass is 19.1. The first-order valence-corrected chi connectivity index (χ1v) is 5.26. The molecule has 0 amide bonds. The van der Waals surface area contributed by atoms with Gasteiger partial charge in [0.2, 0.25) is 0 Å². The zero-order valence-electron chi connectivity index (χ0n) is 9.28. The van der Waals surface area contributed by atoms with Crippen molar-refractivity contribution in [3.63, 3.8) is 0 Å². The van der Waals surface area contributed by atoms with Crippen molar-refractivity contribution in [2.75, 3.05) is 0 Å². The van der Waals surface area contributed by atoms with E-state index >= 15 is 0 Å². The minimum absolute atomic E-state index is 0.00743. The van der Waals surface area contributed by atoms with Crippen LogP contribution in [0.25, 0.3) is 0 Å². The molecule has 0 bridgehead atoms. The second-order valence-corrected chi connectivity index (χ2v) is 3.35. The first-order valence-electron chi connectivity index (χ1n) is 5.26. The Kier molecular flexibility index (Phi) is 5.26. The van der Waals surface area contributed by atoms with Crippen LogP contribution in [0.15, 0.2) is 42.2 Å². The van der Waals surface area contributed by atoms with Crippen LogP contribution in [0.2, 0.25) is 0 Å². The van der Waals surface area contributed by atoms with Crippen LogP contribution < -0.4 is 0 Å². The fourth-order valence-electron chi connectivity index (χ4n) is 1.14. The second kappa shape index (κ2) is 6.77. The summed E-state index contributed by atoms with van der Waals surface area (Å²) >= 11 is 0. The largest absolute Gasteiger partial charge is 0.461 e. The SMILES string of the molecule is CC/C(F)=C/CC(=O)OCc1ccccc1. The van der Waals surface area contributed by atoms with Gasteiger partial charge in [-0.15, -0.1) is 0 Å². The third kappa shape index (κ3) is 4.73. The quantitative estimate of drug-likeness (QED) is 0.714. The lowest BCUT2D eigenvalue weighted by Gasteiger charge is -2.02. The van der Waals surface area contributed by atoms with Gasteiger partial charge in [0, 0.05) is 0 Å². The van der Waals surface area contributed by atoms with Crippen molar-refractivity contribution in [3.05, 3.63) is 47.8 Å². The highest BCUT2D eigenvalue weighted by molar-refractivity contribution is 5.71. The lowest BCUT2D eigenvalue weighted by molar-refractivity contribution is -0.143. The molecule has 2 nitrogen and oxygen atoms in total. The summed E-state index contributed by atoms with van der Waals surface area (Å²) in [6.07, 6.45) is 1.56. The molecule has 0 aliphatic rings. The van der Waals surface area contributed by atoms with Crippen LogP contribution in [0, 0.1) is 0 Å². The van der Waals surface area contributed by atoms with Crippen LogP contribution >= 0.6 is 0 Å². The highest BCUT2D eigenvalue weighted by Gasteiger charge is 2.01. The van der Waals surface area contributed by atoms with Crippen molar-refractivity contribution in [2.45, 2.75) is 26.4 Å². The molecule has 0 aromatic heterocycles. The Morgan fingerprint density at radius 1 is 1.38 bits per heavy atom. The van der Waals surface area contributed by atoms with E-state index in [2.05, 4.69) is 0 Å². The number of allylic oxidation sites excluding steroid dienone is 1. The third-order valence-electron chi connectivity index (χ3n) is 2.07. The molecule has 0 unspecified atom stereocenters. The third-order valence-corrected chi connectivity index (χ3v) is 2.07. The predicted octanol–water partition coefficient (Wildman–Crippen LogP) is 3.38. The molecule has 86 valence electrons. The van der Waals surface area contributed by atoms with E-state index in [4.69, 9.17) is 4.74 Å². The van der Waals surface area contributed by atoms with Crippen molar-refractivity contribution in [1.29, 1.82) is 0 Å². The van der Waals surface area contributed by atoms with E-state index in [-0.39, 0.29) is 18.9 Å². The van der Waals surface area contributed by atoms with Crippen LogP contribution in [0.1, 0.15) is 25.3 Å². The lowest BCUT2D eigenvalue weighted by atomic mass is 10.2. The average molecular weight is 222 g/mol. The zero-order chi connectivity index (χ0) is 11.8. The molecule has 0 N–H and O–H groups in total. The maximum atomic E-state index is 12.7. The summed E-state index contributed by atoms with van der Waals surface area (Å²) in [6, 6.07) is 9.38. The summed E-state index contributed by atoms with van der Waals surface area (Å²) in [5.41, 5.74) is 0.927. The van der Waals surface area contributed by atoms with E-state index < -0.39 is 5.97 Å². The van der Waals surface area contributed by atoms with Gasteiger partial charge in [0.1, 0.15) is 6.61 Å². The number of esters is 1. The Balaban J connectivity index is 2.31. The van der Waals surface area contributed by atoms with Crippen LogP contribution in [0.3, 0.4) is 0 Å². The molecule has 0 aliphatic carbocycles. The Hall–Kier alpha value is -1.64. The van der Waals surface area contributed by atoms with Gasteiger partial charge in [0.25, 0.3) is 0 Å². The number of ether oxygens (including phenoxy) is 1. The summed E-state index contributed by atoms with van der Waals surface area (Å²) in [4.78, 5) is 11.2. The lowest BCUT2D eigenvalue weighted by Crippen LogP contribution is -2.03. The molecular formula is C13H15FO2. The van der Waals surface area contributed by atoms with Gasteiger partial charge in [-0.2, -0.15) is 0 Å². The van der Waals surface area contributed by atoms with Gasteiger partial charge < -0.3 is 4.74 Å². The molecule has 0 saturated carbocycles. The second-order valence-electron chi connectivity index (χ2n) is 3.35. The van der Waals surface area contributed by atoms with Gasteiger partial charge >= 0.3 is 5.97 Å². The van der Waals surface area contributed by atoms with Crippen molar-refractivity contribution >= 4 is 5.97 Å². The number of halogens is 1. The Labute approximate surface area is 94.7 Å². The van der Waals surface area contributed by atoms with Gasteiger partial charge in [-0.05, 0) is 18.1 Å². The van der Waals surface area contributed by atoms with E-state index in [0.717, 1.165) is 5.56 Å². The van der Waals surface area contributed by atoms with E-state index in [1.165, 1.54) is 6.08 Å². The number of carbonyl (C=O) groups is 1. The standard InChI is InChI=1S/C13H15FO2/c1-2-12(14)8-9-13(15)16-10-11-6-4-3-5-7-11/h3-8H,2,9-10H2,1H3/b12-8-. The Morgan fingerprint density at radius 3 is 2.69 bits per heavy atom. The Bertz CT molecular complexity index is 357. The average Bonchev–Trinajstić information content (AvgIpc) is 2.34. The molecule has 0 spiro atoms. The van der Waals surface area contributed by atoms with Crippen molar-refractivity contribution in [3.8, 4) is 0 Å². The fourth-order valence-corrected chi connectivity index (χ4v) is 1.14. The van der Waals surface area contributed by atoms with Gasteiger partial charge in [-0.3, -0.25) is 4.79 Å². The number of carbonyl (C=O) groups excluding carboxylic acids is 1. The predicted molar refractivity (Wildman–Crippen MR) is 60.3 cm³/mol. The number of hydrogen-bond donors (Lipinski definition) is 0. The summed E-state index contributed by atoms with van der Waals surface area (Å²) in [6.45, 7) is 1.93. The van der Waals surface area contributed by atoms with Crippen LogP contribution in [-0.4, -0.2) is 5.97 Å². The zero-order valence-corrected chi connectivity index (χ0v) is 9.28. The van der Waals surface area contributed by atoms with Gasteiger partial charge in [0.15, 0.2) is 0 Å². The maximum absolute atomic E-state index is 12.7. The van der Waals surface area contributed by atoms with Crippen molar-refractivity contribution in [1.82, 2.24) is 0 Å². The topological polar surface area (TPSA) is 26.3 Å². The van der Waals surface area contributed by atoms with E-state index in [9.17, 15) is 9.18 Å². The first-order chi connectivity index (χ1) is 7.72. The molecule has 0 heterocycles. The van der Waals surface area contributed by atoms with Crippen molar-refractivity contribution in [2.24, 2.45) is 0 Å². The molecule has 1 aromatic rings. The molecule has 0 fully saturated rings. The first kappa shape index (κ1) is 12.4. The molecule has 0 radical (unpaired) electrons. The molecular weight excluding hydrogens is 207 g/mol. The van der Waals surface area contributed by atoms with Crippen LogP contribution in [0.4, 0.5) is 4.39 Å². The monoisotopic (exact) mass is 222 g/mol. The summed E-state index contributed by atoms with van der Waals surface area (Å²) < 4.78 is 17.7. The van der Waals surface area contributed by atoms with Crippen LogP contribution in [-0.2, 0) is 16.1 Å². The molecule has 16 heavy (non-hydrogen) atoms. The smallest absolute Gasteiger partial charge is 0.310 e. The summed E-state index contributed by atoms with van der Waals surface area (Å²) in [5.74, 6) is -0.691.